The van der Waals surface area contributed by atoms with Crippen LogP contribution in [0.4, 0.5) is 0 Å². The van der Waals surface area contributed by atoms with Gasteiger partial charge in [-0.05, 0) is 50.3 Å². The molecule has 0 aromatic carbocycles. The molecule has 15 heavy (non-hydrogen) atoms. The molecular formula is C12H21N3. The highest BCUT2D eigenvalue weighted by molar-refractivity contribution is 5.03. The van der Waals surface area contributed by atoms with E-state index in [1.807, 2.05) is 17.9 Å². The summed E-state index contributed by atoms with van der Waals surface area (Å²) in [6.07, 6.45) is 10.7. The summed E-state index contributed by atoms with van der Waals surface area (Å²) in [4.78, 5) is 0. The van der Waals surface area contributed by atoms with Crippen LogP contribution in [0.3, 0.4) is 0 Å². The Morgan fingerprint density at radius 1 is 1.53 bits per heavy atom. The van der Waals surface area contributed by atoms with E-state index in [4.69, 9.17) is 0 Å². The van der Waals surface area contributed by atoms with E-state index in [0.717, 1.165) is 5.92 Å². The Labute approximate surface area is 91.9 Å². The number of hydrogen-bond donors (Lipinski definition) is 1. The molecule has 1 aliphatic rings. The van der Waals surface area contributed by atoms with E-state index in [1.165, 1.54) is 50.8 Å². The van der Waals surface area contributed by atoms with Gasteiger partial charge in [0.15, 0.2) is 0 Å². The Hall–Kier alpha value is -0.830. The minimum atomic E-state index is 0.868. The first-order valence-corrected chi connectivity index (χ1v) is 6.03. The van der Waals surface area contributed by atoms with Gasteiger partial charge in [0, 0.05) is 13.2 Å². The molecule has 0 aliphatic carbocycles. The van der Waals surface area contributed by atoms with Crippen molar-refractivity contribution in [2.75, 3.05) is 13.1 Å². The lowest BCUT2D eigenvalue weighted by Gasteiger charge is -2.12. The van der Waals surface area contributed by atoms with Crippen molar-refractivity contribution >= 4 is 0 Å². The number of rotatable bonds is 3. The van der Waals surface area contributed by atoms with Gasteiger partial charge in [0.1, 0.15) is 0 Å². The maximum absolute atomic E-state index is 4.20. The first-order chi connectivity index (χ1) is 7.34. The number of nitrogens with zero attached hydrogens (tertiary/aromatic N) is 2. The molecule has 2 heterocycles. The smallest absolute Gasteiger partial charge is 0.0521 e. The van der Waals surface area contributed by atoms with Crippen molar-refractivity contribution in [1.82, 2.24) is 15.1 Å². The monoisotopic (exact) mass is 207 g/mol. The average Bonchev–Trinajstić information content (AvgIpc) is 2.52. The first kappa shape index (κ1) is 10.7. The molecular weight excluding hydrogens is 186 g/mol. The van der Waals surface area contributed by atoms with Crippen LogP contribution in [0.5, 0.6) is 0 Å². The summed E-state index contributed by atoms with van der Waals surface area (Å²) in [5, 5.41) is 7.72. The van der Waals surface area contributed by atoms with Crippen LogP contribution in [0.2, 0.25) is 0 Å². The molecule has 1 aliphatic heterocycles. The van der Waals surface area contributed by atoms with Crippen LogP contribution in [-0.2, 0) is 13.5 Å². The highest BCUT2D eigenvalue weighted by atomic mass is 15.2. The molecule has 1 unspecified atom stereocenters. The van der Waals surface area contributed by atoms with Crippen LogP contribution in [0.1, 0.15) is 31.2 Å². The van der Waals surface area contributed by atoms with Gasteiger partial charge in [-0.2, -0.15) is 5.10 Å². The summed E-state index contributed by atoms with van der Waals surface area (Å²) in [7, 11) is 1.98. The van der Waals surface area contributed by atoms with Crippen LogP contribution in [0.25, 0.3) is 0 Å². The Balaban J connectivity index is 1.76. The zero-order chi connectivity index (χ0) is 10.5. The lowest BCUT2D eigenvalue weighted by Crippen LogP contribution is -2.20. The largest absolute Gasteiger partial charge is 0.316 e. The molecule has 3 nitrogen and oxygen atoms in total. The van der Waals surface area contributed by atoms with E-state index in [1.54, 1.807) is 0 Å². The molecule has 1 aromatic heterocycles. The number of aromatic nitrogens is 2. The molecule has 1 atom stereocenters. The van der Waals surface area contributed by atoms with Crippen molar-refractivity contribution < 1.29 is 0 Å². The maximum atomic E-state index is 4.20. The summed E-state index contributed by atoms with van der Waals surface area (Å²) in [6, 6.07) is 0. The fourth-order valence-electron chi connectivity index (χ4n) is 2.31. The van der Waals surface area contributed by atoms with Crippen LogP contribution >= 0.6 is 0 Å². The van der Waals surface area contributed by atoms with Crippen molar-refractivity contribution in [2.45, 2.75) is 32.1 Å². The van der Waals surface area contributed by atoms with Crippen LogP contribution < -0.4 is 5.32 Å². The highest BCUT2D eigenvalue weighted by Gasteiger charge is 2.11. The number of nitrogens with one attached hydrogen (secondary N) is 1. The second-order valence-electron chi connectivity index (χ2n) is 4.63. The van der Waals surface area contributed by atoms with E-state index >= 15 is 0 Å². The summed E-state index contributed by atoms with van der Waals surface area (Å²) in [6.45, 7) is 2.42. The van der Waals surface area contributed by atoms with Gasteiger partial charge in [0.2, 0.25) is 0 Å². The van der Waals surface area contributed by atoms with Gasteiger partial charge >= 0.3 is 0 Å². The fraction of sp³-hybridized carbons (Fsp3) is 0.750. The van der Waals surface area contributed by atoms with Gasteiger partial charge in [-0.15, -0.1) is 0 Å². The van der Waals surface area contributed by atoms with Crippen LogP contribution in [-0.4, -0.2) is 22.9 Å². The SMILES string of the molecule is Cn1cc(CCC2CCCCNC2)cn1. The third-order valence-electron chi connectivity index (χ3n) is 3.25. The molecule has 1 saturated heterocycles. The molecule has 2 rings (SSSR count). The molecule has 0 spiro atoms. The van der Waals surface area contributed by atoms with Gasteiger partial charge in [0.25, 0.3) is 0 Å². The molecule has 0 amide bonds. The molecule has 1 fully saturated rings. The summed E-state index contributed by atoms with van der Waals surface area (Å²) in [5.74, 6) is 0.868. The van der Waals surface area contributed by atoms with E-state index in [2.05, 4.69) is 16.6 Å². The molecule has 3 heteroatoms. The fourth-order valence-corrected chi connectivity index (χ4v) is 2.31. The standard InChI is InChI=1S/C12H21N3/c1-15-10-12(9-14-15)6-5-11-4-2-3-7-13-8-11/h9-11,13H,2-8H2,1H3. The minimum Gasteiger partial charge on any atom is -0.316 e. The van der Waals surface area contributed by atoms with Crippen molar-refractivity contribution in [3.8, 4) is 0 Å². The van der Waals surface area contributed by atoms with Gasteiger partial charge < -0.3 is 5.32 Å². The van der Waals surface area contributed by atoms with E-state index in [0.29, 0.717) is 0 Å². The zero-order valence-electron chi connectivity index (χ0n) is 9.58. The molecule has 1 N–H and O–H groups in total. The molecule has 84 valence electrons. The maximum Gasteiger partial charge on any atom is 0.0521 e. The van der Waals surface area contributed by atoms with Gasteiger partial charge in [-0.1, -0.05) is 6.42 Å². The lowest BCUT2D eigenvalue weighted by atomic mass is 9.96. The quantitative estimate of drug-likeness (QED) is 0.818. The normalized spacial score (nSPS) is 22.6. The summed E-state index contributed by atoms with van der Waals surface area (Å²) < 4.78 is 1.89. The Kier molecular flexibility index (Phi) is 3.78. The van der Waals surface area contributed by atoms with Crippen molar-refractivity contribution in [2.24, 2.45) is 13.0 Å². The molecule has 0 bridgehead atoms. The highest BCUT2D eigenvalue weighted by Crippen LogP contribution is 2.17. The molecule has 1 aromatic rings. The predicted octanol–water partition coefficient (Wildman–Crippen LogP) is 1.74. The van der Waals surface area contributed by atoms with E-state index < -0.39 is 0 Å². The molecule has 0 saturated carbocycles. The minimum absolute atomic E-state index is 0.868. The Morgan fingerprint density at radius 2 is 2.47 bits per heavy atom. The second kappa shape index (κ2) is 5.31. The van der Waals surface area contributed by atoms with Crippen LogP contribution in [0, 0.1) is 5.92 Å². The Morgan fingerprint density at radius 3 is 3.27 bits per heavy atom. The predicted molar refractivity (Wildman–Crippen MR) is 61.7 cm³/mol. The van der Waals surface area contributed by atoms with Gasteiger partial charge in [-0.25, -0.2) is 0 Å². The van der Waals surface area contributed by atoms with E-state index in [-0.39, 0.29) is 0 Å². The second-order valence-corrected chi connectivity index (χ2v) is 4.63. The van der Waals surface area contributed by atoms with Crippen molar-refractivity contribution in [1.29, 1.82) is 0 Å². The van der Waals surface area contributed by atoms with E-state index in [9.17, 15) is 0 Å². The summed E-state index contributed by atoms with van der Waals surface area (Å²) in [5.41, 5.74) is 1.38. The van der Waals surface area contributed by atoms with Crippen molar-refractivity contribution in [3.63, 3.8) is 0 Å². The third kappa shape index (κ3) is 3.34. The number of aryl methyl sites for hydroxylation is 2. The zero-order valence-corrected chi connectivity index (χ0v) is 9.58. The number of hydrogen-bond acceptors (Lipinski definition) is 2. The summed E-state index contributed by atoms with van der Waals surface area (Å²) >= 11 is 0. The first-order valence-electron chi connectivity index (χ1n) is 6.03. The third-order valence-corrected chi connectivity index (χ3v) is 3.25. The van der Waals surface area contributed by atoms with Crippen LogP contribution in [0.15, 0.2) is 12.4 Å². The van der Waals surface area contributed by atoms with Crippen molar-refractivity contribution in [3.05, 3.63) is 18.0 Å². The average molecular weight is 207 g/mol. The van der Waals surface area contributed by atoms with Gasteiger partial charge in [0.05, 0.1) is 6.20 Å². The Bertz CT molecular complexity index is 285. The topological polar surface area (TPSA) is 29.9 Å². The lowest BCUT2D eigenvalue weighted by molar-refractivity contribution is 0.447. The molecule has 0 radical (unpaired) electrons. The van der Waals surface area contributed by atoms with Gasteiger partial charge in [-0.3, -0.25) is 4.68 Å².